The number of aliphatic hydroxyl groups excluding tert-OH is 1. The van der Waals surface area contributed by atoms with Crippen molar-refractivity contribution >= 4 is 81.5 Å². The Kier molecular flexibility index (Phi) is 7.85. The number of benzene rings is 1. The SMILES string of the molecule is CC(=O)C=C(O)C=Cc1ccc(OC(Cl)(Cl)Cl)c(OC(Cl)(Cl)Cl)c1. The molecule has 132 valence electrons. The van der Waals surface area contributed by atoms with Crippen LogP contribution in [0.4, 0.5) is 0 Å². The fourth-order valence-electron chi connectivity index (χ4n) is 1.48. The number of carbonyl (C=O) groups is 1. The van der Waals surface area contributed by atoms with Gasteiger partial charge in [0.15, 0.2) is 17.3 Å². The van der Waals surface area contributed by atoms with Gasteiger partial charge in [-0.25, -0.2) is 0 Å². The molecule has 0 atom stereocenters. The first-order valence-electron chi connectivity index (χ1n) is 6.10. The number of carbonyl (C=O) groups excluding carboxylic acids is 1. The first-order valence-corrected chi connectivity index (χ1v) is 8.37. The Hall–Kier alpha value is -0.490. The van der Waals surface area contributed by atoms with E-state index in [4.69, 9.17) is 79.1 Å². The zero-order valence-electron chi connectivity index (χ0n) is 11.9. The van der Waals surface area contributed by atoms with E-state index < -0.39 is 7.96 Å². The van der Waals surface area contributed by atoms with Gasteiger partial charge in [0, 0.05) is 6.08 Å². The van der Waals surface area contributed by atoms with Crippen LogP contribution in [0, 0.1) is 0 Å². The Morgan fingerprint density at radius 3 is 2.08 bits per heavy atom. The van der Waals surface area contributed by atoms with E-state index in [2.05, 4.69) is 0 Å². The van der Waals surface area contributed by atoms with Crippen LogP contribution in [0.15, 0.2) is 36.1 Å². The minimum absolute atomic E-state index is 0.0153. The molecule has 0 aliphatic heterocycles. The van der Waals surface area contributed by atoms with Crippen LogP contribution >= 0.6 is 69.6 Å². The van der Waals surface area contributed by atoms with Gasteiger partial charge in [-0.3, -0.25) is 4.79 Å². The lowest BCUT2D eigenvalue weighted by Gasteiger charge is -2.20. The summed E-state index contributed by atoms with van der Waals surface area (Å²) in [6.07, 6.45) is 3.83. The third-order valence-corrected chi connectivity index (χ3v) is 2.68. The lowest BCUT2D eigenvalue weighted by Crippen LogP contribution is -2.17. The number of alkyl halides is 6. The van der Waals surface area contributed by atoms with Gasteiger partial charge < -0.3 is 14.6 Å². The van der Waals surface area contributed by atoms with Crippen molar-refractivity contribution < 1.29 is 19.4 Å². The molecule has 0 aliphatic carbocycles. The average molecular weight is 455 g/mol. The Labute approximate surface area is 168 Å². The molecule has 10 heteroatoms. The highest BCUT2D eigenvalue weighted by Crippen LogP contribution is 2.40. The van der Waals surface area contributed by atoms with Crippen molar-refractivity contribution in [2.24, 2.45) is 0 Å². The summed E-state index contributed by atoms with van der Waals surface area (Å²) in [5.41, 5.74) is 0.527. The van der Waals surface area contributed by atoms with Crippen molar-refractivity contribution in [1.82, 2.24) is 0 Å². The number of ketones is 1. The molecule has 1 aromatic rings. The summed E-state index contributed by atoms with van der Waals surface area (Å²) in [4.78, 5) is 10.9. The van der Waals surface area contributed by atoms with Gasteiger partial charge in [-0.15, -0.1) is 0 Å². The van der Waals surface area contributed by atoms with E-state index in [-0.39, 0.29) is 23.0 Å². The molecule has 24 heavy (non-hydrogen) atoms. The zero-order valence-corrected chi connectivity index (χ0v) is 16.4. The van der Waals surface area contributed by atoms with E-state index in [0.29, 0.717) is 5.56 Å². The molecule has 0 heterocycles. The van der Waals surface area contributed by atoms with Gasteiger partial charge in [0.25, 0.3) is 0 Å². The van der Waals surface area contributed by atoms with E-state index in [1.807, 2.05) is 0 Å². The molecule has 0 spiro atoms. The molecule has 0 aliphatic rings. The second-order valence-corrected chi connectivity index (χ2v) is 8.67. The molecule has 0 amide bonds. The molecule has 1 rings (SSSR count). The van der Waals surface area contributed by atoms with Gasteiger partial charge in [0.1, 0.15) is 5.76 Å². The summed E-state index contributed by atoms with van der Waals surface area (Å²) >= 11 is 33.5. The number of halogens is 6. The van der Waals surface area contributed by atoms with Crippen molar-refractivity contribution in [1.29, 1.82) is 0 Å². The first-order chi connectivity index (χ1) is 10.9. The lowest BCUT2D eigenvalue weighted by atomic mass is 10.1. The molecule has 1 N–H and O–H groups in total. The van der Waals surface area contributed by atoms with Gasteiger partial charge in [0.05, 0.1) is 0 Å². The maximum Gasteiger partial charge on any atom is 0.338 e. The van der Waals surface area contributed by atoms with Crippen LogP contribution in [0.25, 0.3) is 6.08 Å². The summed E-state index contributed by atoms with van der Waals surface area (Å²) in [7, 11) is 0. The molecular formula is C14H10Cl6O4. The fourth-order valence-corrected chi connectivity index (χ4v) is 1.98. The third-order valence-electron chi connectivity index (χ3n) is 2.22. The van der Waals surface area contributed by atoms with Crippen molar-refractivity contribution in [3.8, 4) is 11.5 Å². The highest BCUT2D eigenvalue weighted by molar-refractivity contribution is 6.67. The van der Waals surface area contributed by atoms with Crippen LogP contribution in [-0.4, -0.2) is 18.8 Å². The number of aliphatic hydroxyl groups is 1. The van der Waals surface area contributed by atoms with Gasteiger partial charge >= 0.3 is 7.96 Å². The van der Waals surface area contributed by atoms with Gasteiger partial charge in [-0.05, 0) is 100 Å². The van der Waals surface area contributed by atoms with Crippen LogP contribution in [0.3, 0.4) is 0 Å². The van der Waals surface area contributed by atoms with Crippen LogP contribution < -0.4 is 9.47 Å². The summed E-state index contributed by atoms with van der Waals surface area (Å²) < 4.78 is 6.07. The summed E-state index contributed by atoms with van der Waals surface area (Å²) in [6, 6.07) is 4.40. The van der Waals surface area contributed by atoms with Crippen LogP contribution in [0.2, 0.25) is 0 Å². The summed E-state index contributed by atoms with van der Waals surface area (Å²) in [5.74, 6) is -0.530. The second-order valence-electron chi connectivity index (χ2n) is 4.31. The monoisotopic (exact) mass is 452 g/mol. The summed E-state index contributed by atoms with van der Waals surface area (Å²) in [6.45, 7) is 1.31. The predicted molar refractivity (Wildman–Crippen MR) is 98.7 cm³/mol. The number of ether oxygens (including phenoxy) is 2. The van der Waals surface area contributed by atoms with Crippen molar-refractivity contribution in [2.75, 3.05) is 0 Å². The Bertz CT molecular complexity index is 658. The minimum Gasteiger partial charge on any atom is -0.508 e. The highest BCUT2D eigenvalue weighted by atomic mass is 35.6. The lowest BCUT2D eigenvalue weighted by molar-refractivity contribution is -0.112. The fraction of sp³-hybridized carbons (Fsp3) is 0.214. The van der Waals surface area contributed by atoms with E-state index >= 15 is 0 Å². The molecule has 0 radical (unpaired) electrons. The minimum atomic E-state index is -2.08. The number of hydrogen-bond donors (Lipinski definition) is 1. The largest absolute Gasteiger partial charge is 0.508 e. The normalized spacial score (nSPS) is 13.2. The van der Waals surface area contributed by atoms with Crippen molar-refractivity contribution in [3.63, 3.8) is 0 Å². The molecule has 0 fully saturated rings. The predicted octanol–water partition coefficient (Wildman–Crippen LogP) is 6.14. The quantitative estimate of drug-likeness (QED) is 0.251. The molecule has 1 aromatic carbocycles. The number of hydrogen-bond acceptors (Lipinski definition) is 4. The van der Waals surface area contributed by atoms with E-state index in [1.165, 1.54) is 31.2 Å². The number of allylic oxidation sites excluding steroid dienone is 2. The van der Waals surface area contributed by atoms with E-state index in [0.717, 1.165) is 6.08 Å². The second kappa shape index (κ2) is 8.75. The zero-order chi connectivity index (χ0) is 18.5. The Balaban J connectivity index is 3.15. The molecule has 0 saturated carbocycles. The van der Waals surface area contributed by atoms with Crippen molar-refractivity contribution in [3.05, 3.63) is 41.7 Å². The molecule has 0 saturated heterocycles. The van der Waals surface area contributed by atoms with Crippen LogP contribution in [0.5, 0.6) is 11.5 Å². The molecular weight excluding hydrogens is 445 g/mol. The molecule has 0 unspecified atom stereocenters. The maximum absolute atomic E-state index is 10.9. The van der Waals surface area contributed by atoms with Gasteiger partial charge in [-0.2, -0.15) is 0 Å². The van der Waals surface area contributed by atoms with E-state index in [9.17, 15) is 9.90 Å². The topological polar surface area (TPSA) is 55.8 Å². The summed E-state index contributed by atoms with van der Waals surface area (Å²) in [5, 5.41) is 9.53. The smallest absolute Gasteiger partial charge is 0.338 e. The average Bonchev–Trinajstić information content (AvgIpc) is 2.35. The first kappa shape index (κ1) is 21.6. The maximum atomic E-state index is 10.9. The van der Waals surface area contributed by atoms with E-state index in [1.54, 1.807) is 6.07 Å². The van der Waals surface area contributed by atoms with Crippen LogP contribution in [0.1, 0.15) is 12.5 Å². The van der Waals surface area contributed by atoms with Gasteiger partial charge in [-0.1, -0.05) is 12.1 Å². The number of rotatable bonds is 5. The highest BCUT2D eigenvalue weighted by Gasteiger charge is 2.28. The van der Waals surface area contributed by atoms with Gasteiger partial charge in [0.2, 0.25) is 0 Å². The Morgan fingerprint density at radius 1 is 1.04 bits per heavy atom. The molecule has 4 nitrogen and oxygen atoms in total. The standard InChI is InChI=1S/C14H10Cl6O4/c1-8(21)6-10(22)4-2-9-3-5-11(23-13(15,16)17)12(7-9)24-14(18,19)20/h2-7,22H,1H3. The third kappa shape index (κ3) is 9.11. The molecule has 0 aromatic heterocycles. The van der Waals surface area contributed by atoms with Crippen molar-refractivity contribution in [2.45, 2.75) is 14.9 Å². The molecule has 0 bridgehead atoms. The van der Waals surface area contributed by atoms with Crippen LogP contribution in [-0.2, 0) is 4.79 Å². The Morgan fingerprint density at radius 2 is 1.58 bits per heavy atom.